The van der Waals surface area contributed by atoms with E-state index < -0.39 is 0 Å². The van der Waals surface area contributed by atoms with Gasteiger partial charge in [0.15, 0.2) is 11.6 Å². The minimum Gasteiger partial charge on any atom is -0.490 e. The maximum absolute atomic E-state index is 5.83. The first kappa shape index (κ1) is 10.1. The van der Waals surface area contributed by atoms with Gasteiger partial charge in [-0.2, -0.15) is 5.10 Å². The van der Waals surface area contributed by atoms with Crippen LogP contribution in [-0.4, -0.2) is 12.4 Å². The molecule has 82 valence electrons. The Kier molecular flexibility index (Phi) is 2.94. The van der Waals surface area contributed by atoms with Crippen molar-refractivity contribution in [1.82, 2.24) is 5.43 Å². The molecule has 0 bridgehead atoms. The Morgan fingerprint density at radius 1 is 1.47 bits per heavy atom. The first-order valence-electron chi connectivity index (χ1n) is 5.43. The Labute approximate surface area is 89.9 Å². The minimum absolute atomic E-state index is 0.460. The van der Waals surface area contributed by atoms with Gasteiger partial charge >= 0.3 is 0 Å². The van der Waals surface area contributed by atoms with Crippen molar-refractivity contribution >= 4 is 5.84 Å². The van der Waals surface area contributed by atoms with Crippen LogP contribution in [0.25, 0.3) is 0 Å². The van der Waals surface area contributed by atoms with E-state index in [1.54, 1.807) is 0 Å². The van der Waals surface area contributed by atoms with Crippen molar-refractivity contribution in [2.24, 2.45) is 10.8 Å². The Morgan fingerprint density at radius 2 is 2.20 bits per heavy atom. The molecule has 2 aliphatic carbocycles. The van der Waals surface area contributed by atoms with Crippen LogP contribution in [0.5, 0.6) is 0 Å². The number of allylic oxidation sites excluding steroid dienone is 2. The number of hydrogen-bond acceptors (Lipinski definition) is 3. The summed E-state index contributed by atoms with van der Waals surface area (Å²) in [5.74, 6) is 1.24. The number of ether oxygens (including phenoxy) is 1. The van der Waals surface area contributed by atoms with Crippen LogP contribution in [0.3, 0.4) is 0 Å². The van der Waals surface area contributed by atoms with Gasteiger partial charge in [-0.3, -0.25) is 5.43 Å². The van der Waals surface area contributed by atoms with E-state index in [9.17, 15) is 0 Å². The van der Waals surface area contributed by atoms with E-state index in [-0.39, 0.29) is 0 Å². The highest BCUT2D eigenvalue weighted by Crippen LogP contribution is 2.32. The first-order valence-corrected chi connectivity index (χ1v) is 5.43. The van der Waals surface area contributed by atoms with Gasteiger partial charge in [-0.05, 0) is 38.2 Å². The lowest BCUT2D eigenvalue weighted by Crippen LogP contribution is -2.20. The van der Waals surface area contributed by atoms with Gasteiger partial charge in [-0.15, -0.1) is 0 Å². The van der Waals surface area contributed by atoms with Gasteiger partial charge in [0.2, 0.25) is 0 Å². The molecule has 2 fully saturated rings. The van der Waals surface area contributed by atoms with Gasteiger partial charge < -0.3 is 10.5 Å². The predicted molar refractivity (Wildman–Crippen MR) is 60.0 cm³/mol. The molecule has 2 saturated carbocycles. The summed E-state index contributed by atoms with van der Waals surface area (Å²) in [7, 11) is 0. The number of hydrazone groups is 1. The molecular formula is C11H17N3O. The van der Waals surface area contributed by atoms with Gasteiger partial charge in [0.1, 0.15) is 0 Å². The van der Waals surface area contributed by atoms with Crippen molar-refractivity contribution in [1.29, 1.82) is 0 Å². The lowest BCUT2D eigenvalue weighted by molar-refractivity contribution is 0.247. The maximum atomic E-state index is 5.83. The minimum atomic E-state index is 0.460. The number of nitrogens with one attached hydrogen (secondary N) is 1. The second-order valence-corrected chi connectivity index (χ2v) is 3.79. The average molecular weight is 207 g/mol. The highest BCUT2D eigenvalue weighted by Gasteiger charge is 2.21. The Morgan fingerprint density at radius 3 is 2.73 bits per heavy atom. The molecule has 2 aliphatic rings. The highest BCUT2D eigenvalue weighted by molar-refractivity contribution is 5.96. The standard InChI is InChI=1S/C11H17N3O/c1-2-15-10(9-5-6-9)11(12)14-13-7-8-3-4-8/h7,13H,2-6H2,1H3,(H2,12,14). The van der Waals surface area contributed by atoms with Crippen LogP contribution in [0.1, 0.15) is 32.6 Å². The number of amidine groups is 1. The molecule has 0 atom stereocenters. The topological polar surface area (TPSA) is 59.6 Å². The van der Waals surface area contributed by atoms with Crippen LogP contribution < -0.4 is 11.2 Å². The molecule has 0 amide bonds. The largest absolute Gasteiger partial charge is 0.490 e. The van der Waals surface area contributed by atoms with Crippen molar-refractivity contribution < 1.29 is 4.74 Å². The lowest BCUT2D eigenvalue weighted by atomic mass is 10.4. The third kappa shape index (κ3) is 3.01. The average Bonchev–Trinajstić information content (AvgIpc) is 3.05. The van der Waals surface area contributed by atoms with E-state index in [4.69, 9.17) is 10.5 Å². The van der Waals surface area contributed by atoms with Gasteiger partial charge in [-0.1, -0.05) is 5.57 Å². The quantitative estimate of drug-likeness (QED) is 0.311. The van der Waals surface area contributed by atoms with Crippen LogP contribution in [0.4, 0.5) is 0 Å². The molecule has 0 radical (unpaired) electrons. The zero-order valence-electron chi connectivity index (χ0n) is 9.05. The number of nitrogens with zero attached hydrogens (tertiary/aromatic N) is 1. The molecule has 4 nitrogen and oxygen atoms in total. The van der Waals surface area contributed by atoms with Crippen molar-refractivity contribution in [3.05, 3.63) is 23.1 Å². The molecule has 0 aliphatic heterocycles. The van der Waals surface area contributed by atoms with Crippen LogP contribution >= 0.6 is 0 Å². The third-order valence-electron chi connectivity index (χ3n) is 2.33. The Bertz CT molecular complexity index is 330. The van der Waals surface area contributed by atoms with Gasteiger partial charge in [0.05, 0.1) is 6.61 Å². The van der Waals surface area contributed by atoms with Gasteiger partial charge in [-0.25, -0.2) is 0 Å². The van der Waals surface area contributed by atoms with Gasteiger partial charge in [0, 0.05) is 6.20 Å². The van der Waals surface area contributed by atoms with E-state index in [0.717, 1.165) is 18.6 Å². The molecule has 0 spiro atoms. The molecule has 0 saturated heterocycles. The lowest BCUT2D eigenvalue weighted by Gasteiger charge is -2.06. The summed E-state index contributed by atoms with van der Waals surface area (Å²) in [4.78, 5) is 0. The second kappa shape index (κ2) is 4.38. The molecule has 0 aromatic carbocycles. The third-order valence-corrected chi connectivity index (χ3v) is 2.33. The maximum Gasteiger partial charge on any atom is 0.186 e. The summed E-state index contributed by atoms with van der Waals surface area (Å²) in [5, 5.41) is 4.07. The zero-order valence-corrected chi connectivity index (χ0v) is 9.05. The second-order valence-electron chi connectivity index (χ2n) is 3.79. The van der Waals surface area contributed by atoms with Crippen molar-refractivity contribution in [3.8, 4) is 0 Å². The van der Waals surface area contributed by atoms with E-state index in [1.165, 1.54) is 24.0 Å². The smallest absolute Gasteiger partial charge is 0.186 e. The first-order chi connectivity index (χ1) is 7.31. The van der Waals surface area contributed by atoms with E-state index >= 15 is 0 Å². The van der Waals surface area contributed by atoms with Crippen LogP contribution in [0.15, 0.2) is 28.2 Å². The number of rotatable bonds is 5. The summed E-state index contributed by atoms with van der Waals surface area (Å²) < 4.78 is 5.46. The molecule has 0 heterocycles. The summed E-state index contributed by atoms with van der Waals surface area (Å²) in [6.45, 7) is 2.59. The van der Waals surface area contributed by atoms with Crippen LogP contribution in [-0.2, 0) is 4.74 Å². The van der Waals surface area contributed by atoms with E-state index in [1.807, 2.05) is 13.1 Å². The van der Waals surface area contributed by atoms with Crippen LogP contribution in [0, 0.1) is 0 Å². The highest BCUT2D eigenvalue weighted by atomic mass is 16.5. The molecule has 3 N–H and O–H groups in total. The Balaban J connectivity index is 1.94. The summed E-state index contributed by atoms with van der Waals surface area (Å²) in [5.41, 5.74) is 11.4. The molecule has 0 unspecified atom stereocenters. The van der Waals surface area contributed by atoms with E-state index in [2.05, 4.69) is 10.5 Å². The number of nitrogens with two attached hydrogens (primary N) is 1. The summed E-state index contributed by atoms with van der Waals surface area (Å²) >= 11 is 0. The summed E-state index contributed by atoms with van der Waals surface area (Å²) in [6.07, 6.45) is 6.46. The van der Waals surface area contributed by atoms with Gasteiger partial charge in [0.25, 0.3) is 0 Å². The monoisotopic (exact) mass is 207 g/mol. The molecule has 0 aromatic heterocycles. The number of hydrogen-bond donors (Lipinski definition) is 2. The molecule has 0 aromatic rings. The molecule has 2 rings (SSSR count). The van der Waals surface area contributed by atoms with Crippen molar-refractivity contribution in [3.63, 3.8) is 0 Å². The normalized spacial score (nSPS) is 18.6. The summed E-state index contributed by atoms with van der Waals surface area (Å²) in [6, 6.07) is 0. The van der Waals surface area contributed by atoms with Crippen molar-refractivity contribution in [2.75, 3.05) is 6.61 Å². The zero-order chi connectivity index (χ0) is 10.7. The fourth-order valence-corrected chi connectivity index (χ4v) is 1.25. The molecule has 4 heteroatoms. The molecule has 15 heavy (non-hydrogen) atoms. The van der Waals surface area contributed by atoms with Crippen molar-refractivity contribution in [2.45, 2.75) is 32.6 Å². The van der Waals surface area contributed by atoms with E-state index in [0.29, 0.717) is 12.4 Å². The Hall–Kier alpha value is -1.45. The fraction of sp³-hybridized carbons (Fsp3) is 0.545. The predicted octanol–water partition coefficient (Wildman–Crippen LogP) is 1.61. The fourth-order valence-electron chi connectivity index (χ4n) is 1.25. The molecular weight excluding hydrogens is 190 g/mol. The SMILES string of the molecule is CCOC(=C1CC1)/C(N)=N/NC=C1CC1. The van der Waals surface area contributed by atoms with Crippen LogP contribution in [0.2, 0.25) is 0 Å².